The van der Waals surface area contributed by atoms with Gasteiger partial charge in [0.2, 0.25) is 5.95 Å². The minimum absolute atomic E-state index is 0.246. The highest BCUT2D eigenvalue weighted by Gasteiger charge is 2.18. The maximum atomic E-state index is 11.2. The molecule has 0 bridgehead atoms. The molecule has 0 amide bonds. The van der Waals surface area contributed by atoms with Gasteiger partial charge in [0.25, 0.3) is 0 Å². The molecule has 0 aliphatic heterocycles. The molecule has 0 saturated heterocycles. The van der Waals surface area contributed by atoms with E-state index >= 15 is 0 Å². The summed E-state index contributed by atoms with van der Waals surface area (Å²) in [5.74, 6) is 1.27. The summed E-state index contributed by atoms with van der Waals surface area (Å²) in [4.78, 5) is 28.8. The topological polar surface area (TPSA) is 61.7 Å². The highest BCUT2D eigenvalue weighted by Crippen LogP contribution is 2.29. The van der Waals surface area contributed by atoms with Crippen molar-refractivity contribution in [3.8, 4) is 0 Å². The Morgan fingerprint density at radius 1 is 1.30 bits per heavy atom. The Kier molecular flexibility index (Phi) is 8.22. The lowest BCUT2D eigenvalue weighted by Gasteiger charge is -2.27. The van der Waals surface area contributed by atoms with Crippen LogP contribution >= 0.6 is 0 Å². The first kappa shape index (κ1) is 19.1. The maximum Gasteiger partial charge on any atom is 0.227 e. The Bertz CT molecular complexity index is 514. The van der Waals surface area contributed by atoms with E-state index in [9.17, 15) is 4.79 Å². The van der Waals surface area contributed by atoms with Gasteiger partial charge in [0.15, 0.2) is 5.82 Å². The van der Waals surface area contributed by atoms with Gasteiger partial charge in [0.05, 0.1) is 12.2 Å². The molecule has 127 valence electrons. The second kappa shape index (κ2) is 9.92. The number of hydrogen-bond acceptors (Lipinski definition) is 6. The van der Waals surface area contributed by atoms with Crippen molar-refractivity contribution in [3.63, 3.8) is 0 Å². The molecule has 1 radical (unpaired) electrons. The predicted molar refractivity (Wildman–Crippen MR) is 96.9 cm³/mol. The molecule has 1 heterocycles. The van der Waals surface area contributed by atoms with Crippen LogP contribution < -0.4 is 9.80 Å². The van der Waals surface area contributed by atoms with E-state index in [0.717, 1.165) is 37.9 Å². The maximum absolute atomic E-state index is 11.2. The fraction of sp³-hybridized carbons (Fsp3) is 0.588. The fourth-order valence-corrected chi connectivity index (χ4v) is 2.31. The summed E-state index contributed by atoms with van der Waals surface area (Å²) in [6, 6.07) is -0.246. The number of hydrogen-bond donors (Lipinski definition) is 0. The molecule has 6 nitrogen and oxygen atoms in total. The molecule has 6 heteroatoms. The average molecular weight is 318 g/mol. The largest absolute Gasteiger partial charge is 0.358 e. The van der Waals surface area contributed by atoms with Gasteiger partial charge in [-0.1, -0.05) is 6.92 Å². The predicted octanol–water partition coefficient (Wildman–Crippen LogP) is 3.05. The quantitative estimate of drug-likeness (QED) is 0.490. The van der Waals surface area contributed by atoms with Gasteiger partial charge in [0.1, 0.15) is 12.0 Å². The summed E-state index contributed by atoms with van der Waals surface area (Å²) in [5, 5.41) is 0. The summed E-state index contributed by atoms with van der Waals surface area (Å²) in [6.07, 6.45) is 6.09. The number of aromatic nitrogens is 2. The zero-order valence-electron chi connectivity index (χ0n) is 14.7. The number of rotatable bonds is 10. The molecule has 0 fully saturated rings. The van der Waals surface area contributed by atoms with Crippen LogP contribution in [0, 0.1) is 6.92 Å². The van der Waals surface area contributed by atoms with Crippen LogP contribution in [0.3, 0.4) is 0 Å². The molecule has 1 rings (SSSR count). The van der Waals surface area contributed by atoms with Crippen LogP contribution in [0.15, 0.2) is 11.2 Å². The van der Waals surface area contributed by atoms with Gasteiger partial charge in [-0.2, -0.15) is 4.98 Å². The van der Waals surface area contributed by atoms with Crippen LogP contribution in [-0.2, 0) is 4.79 Å². The SMILES string of the molecule is [CH2]CCC=Nc1nc(N(CC)CC)ncc1N(CC)[C@@H](C)C=O. The minimum Gasteiger partial charge on any atom is -0.358 e. The Hall–Kier alpha value is -1.98. The third-order valence-electron chi connectivity index (χ3n) is 3.67. The van der Waals surface area contributed by atoms with E-state index in [-0.39, 0.29) is 6.04 Å². The fourth-order valence-electron chi connectivity index (χ4n) is 2.31. The Balaban J connectivity index is 3.29. The number of likely N-dealkylation sites (N-methyl/N-ethyl adjacent to an activating group) is 1. The molecule has 0 aromatic carbocycles. The number of unbranched alkanes of at least 4 members (excludes halogenated alkanes) is 1. The number of anilines is 2. The summed E-state index contributed by atoms with van der Waals surface area (Å²) in [7, 11) is 0. The third-order valence-corrected chi connectivity index (χ3v) is 3.67. The molecule has 1 aromatic heterocycles. The van der Waals surface area contributed by atoms with Gasteiger partial charge in [-0.05, 0) is 40.5 Å². The molecule has 0 N–H and O–H groups in total. The second-order valence-corrected chi connectivity index (χ2v) is 5.17. The van der Waals surface area contributed by atoms with Crippen molar-refractivity contribution in [2.45, 2.75) is 46.6 Å². The standard InChI is InChI=1S/C17H28N5O/c1-6-10-11-18-16-15(22(9-4)14(5)13-23)12-19-17(20-16)21(7-2)8-3/h11-14H,1,6-10H2,2-5H3/t14-/m0/s1. The molecular formula is C17H28N5O. The third kappa shape index (κ3) is 5.01. The number of aliphatic imine (C=N–C) groups is 1. The van der Waals surface area contributed by atoms with E-state index < -0.39 is 0 Å². The smallest absolute Gasteiger partial charge is 0.227 e. The van der Waals surface area contributed by atoms with Gasteiger partial charge in [0, 0.05) is 25.8 Å². The number of carbonyl (C=O) groups excluding carboxylic acids is 1. The Morgan fingerprint density at radius 2 is 2.00 bits per heavy atom. The van der Waals surface area contributed by atoms with E-state index in [1.807, 2.05) is 25.0 Å². The molecule has 0 unspecified atom stereocenters. The first-order valence-electron chi connectivity index (χ1n) is 8.28. The number of nitrogens with zero attached hydrogens (tertiary/aromatic N) is 5. The van der Waals surface area contributed by atoms with E-state index in [4.69, 9.17) is 0 Å². The highest BCUT2D eigenvalue weighted by atomic mass is 16.1. The summed E-state index contributed by atoms with van der Waals surface area (Å²) < 4.78 is 0. The normalized spacial score (nSPS) is 12.4. The van der Waals surface area contributed by atoms with Crippen molar-refractivity contribution in [1.29, 1.82) is 0 Å². The average Bonchev–Trinajstić information content (AvgIpc) is 2.58. The minimum atomic E-state index is -0.246. The molecule has 0 saturated carbocycles. The lowest BCUT2D eigenvalue weighted by molar-refractivity contribution is -0.108. The zero-order chi connectivity index (χ0) is 17.2. The molecule has 1 atom stereocenters. The van der Waals surface area contributed by atoms with Crippen molar-refractivity contribution >= 4 is 30.0 Å². The number of carbonyl (C=O) groups is 1. The Labute approximate surface area is 139 Å². The van der Waals surface area contributed by atoms with Gasteiger partial charge < -0.3 is 14.6 Å². The molecule has 23 heavy (non-hydrogen) atoms. The lowest BCUT2D eigenvalue weighted by Crippen LogP contribution is -2.34. The van der Waals surface area contributed by atoms with Crippen LogP contribution in [-0.4, -0.2) is 48.1 Å². The van der Waals surface area contributed by atoms with Gasteiger partial charge >= 0.3 is 0 Å². The summed E-state index contributed by atoms with van der Waals surface area (Å²) in [6.45, 7) is 14.2. The molecule has 0 spiro atoms. The van der Waals surface area contributed by atoms with E-state index in [1.165, 1.54) is 0 Å². The molecule has 1 aromatic rings. The highest BCUT2D eigenvalue weighted by molar-refractivity contribution is 5.74. The Morgan fingerprint density at radius 3 is 2.52 bits per heavy atom. The van der Waals surface area contributed by atoms with Crippen molar-refractivity contribution in [3.05, 3.63) is 13.1 Å². The van der Waals surface area contributed by atoms with E-state index in [2.05, 4.69) is 40.6 Å². The van der Waals surface area contributed by atoms with Crippen LogP contribution in [0.25, 0.3) is 0 Å². The van der Waals surface area contributed by atoms with Crippen LogP contribution in [0.2, 0.25) is 0 Å². The first-order valence-corrected chi connectivity index (χ1v) is 8.28. The first-order chi connectivity index (χ1) is 11.1. The lowest BCUT2D eigenvalue weighted by atomic mass is 10.2. The molecular weight excluding hydrogens is 290 g/mol. The molecule has 0 aliphatic carbocycles. The van der Waals surface area contributed by atoms with Gasteiger partial charge in [-0.15, -0.1) is 0 Å². The van der Waals surface area contributed by atoms with Gasteiger partial charge in [-0.3, -0.25) is 0 Å². The second-order valence-electron chi connectivity index (χ2n) is 5.17. The van der Waals surface area contributed by atoms with Crippen LogP contribution in [0.4, 0.5) is 17.5 Å². The van der Waals surface area contributed by atoms with E-state index in [0.29, 0.717) is 18.3 Å². The van der Waals surface area contributed by atoms with Crippen molar-refractivity contribution in [2.24, 2.45) is 4.99 Å². The van der Waals surface area contributed by atoms with Gasteiger partial charge in [-0.25, -0.2) is 9.98 Å². The zero-order valence-corrected chi connectivity index (χ0v) is 14.7. The van der Waals surface area contributed by atoms with Crippen LogP contribution in [0.1, 0.15) is 40.5 Å². The van der Waals surface area contributed by atoms with Crippen molar-refractivity contribution in [1.82, 2.24) is 9.97 Å². The van der Waals surface area contributed by atoms with E-state index in [1.54, 1.807) is 6.20 Å². The summed E-state index contributed by atoms with van der Waals surface area (Å²) >= 11 is 0. The summed E-state index contributed by atoms with van der Waals surface area (Å²) in [5.41, 5.74) is 0.781. The van der Waals surface area contributed by atoms with Crippen molar-refractivity contribution < 1.29 is 4.79 Å². The number of aldehydes is 1. The monoisotopic (exact) mass is 318 g/mol. The van der Waals surface area contributed by atoms with Crippen molar-refractivity contribution in [2.75, 3.05) is 29.4 Å². The van der Waals surface area contributed by atoms with Crippen LogP contribution in [0.5, 0.6) is 0 Å². The molecule has 0 aliphatic rings.